The number of hydrogen-bond acceptors (Lipinski definition) is 5. The summed E-state index contributed by atoms with van der Waals surface area (Å²) in [6, 6.07) is 2.03. The number of ether oxygens (including phenoxy) is 1. The van der Waals surface area contributed by atoms with Crippen LogP contribution in [-0.4, -0.2) is 29.7 Å². The Morgan fingerprint density at radius 2 is 2.24 bits per heavy atom. The predicted octanol–water partition coefficient (Wildman–Crippen LogP) is 2.07. The number of aromatic nitrogens is 2. The molecule has 1 saturated heterocycles. The van der Waals surface area contributed by atoms with E-state index in [1.165, 1.54) is 12.8 Å². The van der Waals surface area contributed by atoms with Crippen LogP contribution in [0.15, 0.2) is 17.8 Å². The number of fused-ring (bicyclic) bond motifs is 1. The summed E-state index contributed by atoms with van der Waals surface area (Å²) in [5, 5.41) is 6.42. The third kappa shape index (κ3) is 2.40. The van der Waals surface area contributed by atoms with Crippen molar-refractivity contribution < 1.29 is 4.74 Å². The number of hydrogen-bond donors (Lipinski definition) is 1. The van der Waals surface area contributed by atoms with Crippen LogP contribution in [0, 0.1) is 5.92 Å². The third-order valence-electron chi connectivity index (χ3n) is 3.14. The highest BCUT2D eigenvalue weighted by molar-refractivity contribution is 7.16. The molecular weight excluding hydrogens is 234 g/mol. The Morgan fingerprint density at radius 3 is 3.12 bits per heavy atom. The van der Waals surface area contributed by atoms with Gasteiger partial charge in [-0.1, -0.05) is 0 Å². The Morgan fingerprint density at radius 1 is 1.35 bits per heavy atom. The first-order valence-corrected chi connectivity index (χ1v) is 6.83. The lowest BCUT2D eigenvalue weighted by Crippen LogP contribution is -2.30. The topological polar surface area (TPSA) is 47.0 Å². The van der Waals surface area contributed by atoms with E-state index in [0.29, 0.717) is 5.92 Å². The molecule has 0 saturated carbocycles. The van der Waals surface area contributed by atoms with Crippen LogP contribution in [0.4, 0.5) is 0 Å². The maximum Gasteiger partial charge on any atom is 0.225 e. The van der Waals surface area contributed by atoms with Crippen molar-refractivity contribution in [1.82, 2.24) is 15.3 Å². The Bertz CT molecular complexity index is 493. The summed E-state index contributed by atoms with van der Waals surface area (Å²) in [7, 11) is 0. The number of thiophene rings is 1. The van der Waals surface area contributed by atoms with Gasteiger partial charge in [-0.2, -0.15) is 0 Å². The van der Waals surface area contributed by atoms with Gasteiger partial charge in [-0.3, -0.25) is 0 Å². The van der Waals surface area contributed by atoms with Gasteiger partial charge in [0.25, 0.3) is 0 Å². The lowest BCUT2D eigenvalue weighted by Gasteiger charge is -2.22. The lowest BCUT2D eigenvalue weighted by atomic mass is 9.99. The van der Waals surface area contributed by atoms with Crippen LogP contribution in [-0.2, 0) is 0 Å². The van der Waals surface area contributed by atoms with Crippen molar-refractivity contribution >= 4 is 21.6 Å². The van der Waals surface area contributed by atoms with Gasteiger partial charge in [0.15, 0.2) is 0 Å². The van der Waals surface area contributed by atoms with Crippen molar-refractivity contribution in [2.75, 3.05) is 19.7 Å². The molecule has 0 aromatic carbocycles. The van der Waals surface area contributed by atoms with Crippen LogP contribution < -0.4 is 10.1 Å². The summed E-state index contributed by atoms with van der Waals surface area (Å²) >= 11 is 1.62. The molecule has 1 fully saturated rings. The smallest absolute Gasteiger partial charge is 0.225 e. The molecule has 0 aliphatic carbocycles. The highest BCUT2D eigenvalue weighted by Crippen LogP contribution is 2.26. The van der Waals surface area contributed by atoms with Gasteiger partial charge in [0.1, 0.15) is 11.2 Å². The average Bonchev–Trinajstić information content (AvgIpc) is 2.86. The molecular formula is C12H15N3OS. The normalized spacial score (nSPS) is 17.4. The van der Waals surface area contributed by atoms with Gasteiger partial charge in [-0.25, -0.2) is 9.97 Å². The molecule has 1 aliphatic rings. The Labute approximate surface area is 104 Å². The van der Waals surface area contributed by atoms with Gasteiger partial charge in [0.05, 0.1) is 12.0 Å². The van der Waals surface area contributed by atoms with Crippen LogP contribution in [0.3, 0.4) is 0 Å². The molecule has 0 radical (unpaired) electrons. The summed E-state index contributed by atoms with van der Waals surface area (Å²) in [5.41, 5.74) is 0. The fourth-order valence-electron chi connectivity index (χ4n) is 2.13. The van der Waals surface area contributed by atoms with E-state index in [1.54, 1.807) is 17.7 Å². The molecule has 1 aliphatic heterocycles. The summed E-state index contributed by atoms with van der Waals surface area (Å²) in [4.78, 5) is 9.44. The van der Waals surface area contributed by atoms with Crippen molar-refractivity contribution in [3.05, 3.63) is 17.8 Å². The summed E-state index contributed by atoms with van der Waals surface area (Å²) in [5.74, 6) is 1.38. The molecule has 90 valence electrons. The van der Waals surface area contributed by atoms with Crippen molar-refractivity contribution in [3.63, 3.8) is 0 Å². The second-order valence-corrected chi connectivity index (χ2v) is 5.22. The van der Waals surface area contributed by atoms with Gasteiger partial charge in [0.2, 0.25) is 5.88 Å². The highest BCUT2D eigenvalue weighted by Gasteiger charge is 2.14. The first-order valence-electron chi connectivity index (χ1n) is 5.95. The Hall–Kier alpha value is -1.20. The monoisotopic (exact) mass is 249 g/mol. The maximum absolute atomic E-state index is 5.84. The van der Waals surface area contributed by atoms with Gasteiger partial charge >= 0.3 is 0 Å². The van der Waals surface area contributed by atoms with Crippen molar-refractivity contribution in [3.8, 4) is 5.88 Å². The minimum absolute atomic E-state index is 0.653. The van der Waals surface area contributed by atoms with E-state index >= 15 is 0 Å². The van der Waals surface area contributed by atoms with E-state index in [9.17, 15) is 0 Å². The van der Waals surface area contributed by atoms with E-state index in [-0.39, 0.29) is 0 Å². The highest BCUT2D eigenvalue weighted by atomic mass is 32.1. The second-order valence-electron chi connectivity index (χ2n) is 4.32. The second kappa shape index (κ2) is 4.98. The first kappa shape index (κ1) is 10.9. The van der Waals surface area contributed by atoms with Gasteiger partial charge in [-0.05, 0) is 43.3 Å². The zero-order chi connectivity index (χ0) is 11.5. The molecule has 0 unspecified atom stereocenters. The third-order valence-corrected chi connectivity index (χ3v) is 3.96. The largest absolute Gasteiger partial charge is 0.477 e. The molecule has 0 atom stereocenters. The molecule has 3 heterocycles. The van der Waals surface area contributed by atoms with E-state index < -0.39 is 0 Å². The van der Waals surface area contributed by atoms with Gasteiger partial charge < -0.3 is 10.1 Å². The van der Waals surface area contributed by atoms with Crippen LogP contribution >= 0.6 is 11.3 Å². The molecule has 2 aromatic rings. The molecule has 3 rings (SSSR count). The molecule has 1 N–H and O–H groups in total. The molecule has 5 heteroatoms. The van der Waals surface area contributed by atoms with E-state index in [4.69, 9.17) is 4.74 Å². The van der Waals surface area contributed by atoms with Crippen LogP contribution in [0.5, 0.6) is 5.88 Å². The average molecular weight is 249 g/mol. The van der Waals surface area contributed by atoms with E-state index in [0.717, 1.165) is 35.8 Å². The van der Waals surface area contributed by atoms with E-state index in [2.05, 4.69) is 15.3 Å². The zero-order valence-electron chi connectivity index (χ0n) is 9.56. The quantitative estimate of drug-likeness (QED) is 0.904. The Balaban J connectivity index is 1.69. The number of nitrogens with one attached hydrogen (secondary N) is 1. The molecule has 17 heavy (non-hydrogen) atoms. The van der Waals surface area contributed by atoms with Crippen molar-refractivity contribution in [2.45, 2.75) is 12.8 Å². The molecule has 2 aromatic heterocycles. The first-order chi connectivity index (χ1) is 8.43. The number of rotatable bonds is 3. The predicted molar refractivity (Wildman–Crippen MR) is 68.5 cm³/mol. The minimum atomic E-state index is 0.653. The van der Waals surface area contributed by atoms with Crippen molar-refractivity contribution in [1.29, 1.82) is 0 Å². The molecule has 0 spiro atoms. The number of nitrogens with zero attached hydrogens (tertiary/aromatic N) is 2. The summed E-state index contributed by atoms with van der Waals surface area (Å²) in [6.45, 7) is 2.97. The summed E-state index contributed by atoms with van der Waals surface area (Å²) in [6.07, 6.45) is 3.96. The van der Waals surface area contributed by atoms with Crippen molar-refractivity contribution in [2.24, 2.45) is 5.92 Å². The molecule has 0 amide bonds. The minimum Gasteiger partial charge on any atom is -0.477 e. The summed E-state index contributed by atoms with van der Waals surface area (Å²) < 4.78 is 5.84. The van der Waals surface area contributed by atoms with E-state index in [1.807, 2.05) is 11.4 Å². The Kier molecular flexibility index (Phi) is 3.20. The van der Waals surface area contributed by atoms with Crippen LogP contribution in [0.25, 0.3) is 10.2 Å². The maximum atomic E-state index is 5.84. The lowest BCUT2D eigenvalue weighted by molar-refractivity contribution is 0.211. The fourth-order valence-corrected chi connectivity index (χ4v) is 2.85. The fraction of sp³-hybridized carbons (Fsp3) is 0.500. The zero-order valence-corrected chi connectivity index (χ0v) is 10.4. The number of piperidine rings is 1. The SMILES string of the molecule is c1nc(OCC2CCNCC2)c2ccsc2n1. The molecule has 4 nitrogen and oxygen atoms in total. The van der Waals surface area contributed by atoms with Crippen LogP contribution in [0.1, 0.15) is 12.8 Å². The molecule has 0 bridgehead atoms. The van der Waals surface area contributed by atoms with Gasteiger partial charge in [-0.15, -0.1) is 11.3 Å². The standard InChI is InChI=1S/C12H15N3OS/c1-4-13-5-2-9(1)7-16-11-10-3-6-17-12(10)15-8-14-11/h3,6,8-9,13H,1-2,4-5,7H2. The van der Waals surface area contributed by atoms with Gasteiger partial charge in [0, 0.05) is 0 Å². The van der Waals surface area contributed by atoms with Crippen LogP contribution in [0.2, 0.25) is 0 Å².